The maximum atomic E-state index is 11.4. The molecule has 1 aliphatic carbocycles. The maximum Gasteiger partial charge on any atom is 0.149 e. The zero-order valence-electron chi connectivity index (χ0n) is 28.6. The van der Waals surface area contributed by atoms with Gasteiger partial charge in [0, 0.05) is 43.1 Å². The van der Waals surface area contributed by atoms with Gasteiger partial charge in [-0.25, -0.2) is 4.98 Å². The van der Waals surface area contributed by atoms with Crippen LogP contribution in [0.5, 0.6) is 5.75 Å². The van der Waals surface area contributed by atoms with Gasteiger partial charge in [-0.3, -0.25) is 9.55 Å². The van der Waals surface area contributed by atoms with E-state index in [4.69, 9.17) is 9.97 Å². The Labute approximate surface area is 322 Å². The molecule has 5 heteroatoms. The van der Waals surface area contributed by atoms with Gasteiger partial charge in [-0.15, -0.1) is 35.4 Å². The summed E-state index contributed by atoms with van der Waals surface area (Å²) >= 11 is 0. The quantitative estimate of drug-likeness (QED) is 0.175. The van der Waals surface area contributed by atoms with Crippen molar-refractivity contribution in [2.24, 2.45) is 0 Å². The molecular formula is C48H32N3OPt-. The second-order valence-electron chi connectivity index (χ2n) is 13.3. The zero-order chi connectivity index (χ0) is 34.6. The zero-order valence-corrected chi connectivity index (χ0v) is 30.9. The molecule has 53 heavy (non-hydrogen) atoms. The van der Waals surface area contributed by atoms with E-state index in [-0.39, 0.29) is 26.8 Å². The minimum Gasteiger partial charge on any atom is -0.507 e. The Bertz CT molecular complexity index is 2750. The number of pyridine rings is 1. The van der Waals surface area contributed by atoms with Gasteiger partial charge in [-0.1, -0.05) is 139 Å². The molecule has 0 radical (unpaired) electrons. The molecule has 7 aromatic carbocycles. The molecule has 0 aliphatic heterocycles. The molecule has 2 aromatic heterocycles. The first-order valence-corrected chi connectivity index (χ1v) is 17.7. The van der Waals surface area contributed by atoms with Crippen molar-refractivity contribution >= 4 is 21.8 Å². The van der Waals surface area contributed by atoms with Crippen molar-refractivity contribution in [3.63, 3.8) is 0 Å². The van der Waals surface area contributed by atoms with Gasteiger partial charge in [-0.2, -0.15) is 0 Å². The number of phenolic OH excluding ortho intramolecular Hbond substituents is 1. The summed E-state index contributed by atoms with van der Waals surface area (Å²) in [4.78, 5) is 11.0. The van der Waals surface area contributed by atoms with Gasteiger partial charge in [0.1, 0.15) is 11.6 Å². The molecule has 4 nitrogen and oxygen atoms in total. The number of nitrogens with zero attached hydrogens (tertiary/aromatic N) is 3. The summed E-state index contributed by atoms with van der Waals surface area (Å²) in [6.07, 6.45) is 1.90. The average Bonchev–Trinajstić information content (AvgIpc) is 3.60. The van der Waals surface area contributed by atoms with E-state index in [2.05, 4.69) is 132 Å². The molecule has 0 fully saturated rings. The molecule has 2 heterocycles. The predicted octanol–water partition coefficient (Wildman–Crippen LogP) is 11.5. The van der Waals surface area contributed by atoms with Crippen molar-refractivity contribution in [3.05, 3.63) is 181 Å². The standard InChI is InChI=1S/C48H32N3O.Pt/c52-43-28-12-11-23-40(43)48-50-46-41(45-38-22-10-9-21-37(38)39-30-29-33-19-7-8-20-34(33)44(39)49-45)26-14-27-42(46)51(48)47-35(31-15-3-1-4-16-31)24-13-25-36(47)32-17-5-2-6-18-32;/h1-19,21-28,52H,29-30H2;/q-1;. The summed E-state index contributed by atoms with van der Waals surface area (Å²) in [7, 11) is 0. The van der Waals surface area contributed by atoms with Crippen LogP contribution >= 0.6 is 0 Å². The molecule has 0 spiro atoms. The van der Waals surface area contributed by atoms with Crippen LogP contribution < -0.4 is 0 Å². The minimum atomic E-state index is 0. The third kappa shape index (κ3) is 5.41. The molecule has 256 valence electrons. The molecule has 0 unspecified atom stereocenters. The van der Waals surface area contributed by atoms with Gasteiger partial charge in [0.05, 0.1) is 28.0 Å². The summed E-state index contributed by atoms with van der Waals surface area (Å²) < 4.78 is 2.24. The molecule has 1 aliphatic rings. The smallest absolute Gasteiger partial charge is 0.149 e. The van der Waals surface area contributed by atoms with Crippen LogP contribution in [-0.4, -0.2) is 19.6 Å². The number of aromatic nitrogens is 3. The number of hydrogen-bond acceptors (Lipinski definition) is 3. The van der Waals surface area contributed by atoms with Gasteiger partial charge in [-0.05, 0) is 46.8 Å². The van der Waals surface area contributed by atoms with Crippen LogP contribution in [0.2, 0.25) is 0 Å². The number of fused-ring (bicyclic) bond motifs is 6. The first kappa shape index (κ1) is 32.8. The van der Waals surface area contributed by atoms with Gasteiger partial charge < -0.3 is 5.11 Å². The fraction of sp³-hybridized carbons (Fsp3) is 0.0417. The summed E-state index contributed by atoms with van der Waals surface area (Å²) in [6, 6.07) is 59.7. The number of aromatic hydroxyl groups is 1. The van der Waals surface area contributed by atoms with Crippen LogP contribution in [0, 0.1) is 6.07 Å². The topological polar surface area (TPSA) is 50.9 Å². The van der Waals surface area contributed by atoms with E-state index < -0.39 is 0 Å². The molecule has 0 bridgehead atoms. The molecule has 0 atom stereocenters. The van der Waals surface area contributed by atoms with E-state index in [0.717, 1.165) is 79.7 Å². The van der Waals surface area contributed by atoms with E-state index in [9.17, 15) is 5.11 Å². The van der Waals surface area contributed by atoms with Gasteiger partial charge in [0.25, 0.3) is 0 Å². The van der Waals surface area contributed by atoms with E-state index >= 15 is 0 Å². The van der Waals surface area contributed by atoms with E-state index in [1.54, 1.807) is 6.07 Å². The van der Waals surface area contributed by atoms with Crippen molar-refractivity contribution < 1.29 is 26.2 Å². The Hall–Kier alpha value is -6.09. The summed E-state index contributed by atoms with van der Waals surface area (Å²) in [5.41, 5.74) is 14.1. The summed E-state index contributed by atoms with van der Waals surface area (Å²) in [5.74, 6) is 0.825. The average molecular weight is 862 g/mol. The monoisotopic (exact) mass is 861 g/mol. The Kier molecular flexibility index (Phi) is 8.33. The number of imidazole rings is 1. The van der Waals surface area contributed by atoms with Crippen molar-refractivity contribution in [3.8, 4) is 67.6 Å². The fourth-order valence-corrected chi connectivity index (χ4v) is 7.99. The molecule has 10 rings (SSSR count). The largest absolute Gasteiger partial charge is 0.507 e. The van der Waals surface area contributed by atoms with Crippen molar-refractivity contribution in [2.45, 2.75) is 12.8 Å². The first-order valence-electron chi connectivity index (χ1n) is 17.7. The van der Waals surface area contributed by atoms with Crippen LogP contribution in [-0.2, 0) is 33.9 Å². The number of para-hydroxylation sites is 3. The van der Waals surface area contributed by atoms with Gasteiger partial charge in [0.15, 0.2) is 0 Å². The van der Waals surface area contributed by atoms with E-state index in [1.807, 2.05) is 36.4 Å². The van der Waals surface area contributed by atoms with E-state index in [0.29, 0.717) is 11.4 Å². The Balaban J connectivity index is 0.00000372. The Morgan fingerprint density at radius 2 is 1.15 bits per heavy atom. The van der Waals surface area contributed by atoms with Crippen molar-refractivity contribution in [1.82, 2.24) is 14.5 Å². The van der Waals surface area contributed by atoms with Gasteiger partial charge >= 0.3 is 0 Å². The number of rotatable bonds is 5. The third-order valence-electron chi connectivity index (χ3n) is 10.4. The Morgan fingerprint density at radius 1 is 0.528 bits per heavy atom. The van der Waals surface area contributed by atoms with Crippen LogP contribution in [0.15, 0.2) is 164 Å². The van der Waals surface area contributed by atoms with Crippen LogP contribution in [0.3, 0.4) is 0 Å². The van der Waals surface area contributed by atoms with Crippen LogP contribution in [0.1, 0.15) is 11.1 Å². The number of aryl methyl sites for hydroxylation is 2. The van der Waals surface area contributed by atoms with Crippen molar-refractivity contribution in [1.29, 1.82) is 0 Å². The van der Waals surface area contributed by atoms with Crippen LogP contribution in [0.25, 0.3) is 83.6 Å². The number of phenols is 1. The third-order valence-corrected chi connectivity index (χ3v) is 10.4. The molecule has 0 amide bonds. The van der Waals surface area contributed by atoms with Gasteiger partial charge in [0.2, 0.25) is 0 Å². The number of hydrogen-bond donors (Lipinski definition) is 1. The minimum absolute atomic E-state index is 0. The molecular weight excluding hydrogens is 830 g/mol. The summed E-state index contributed by atoms with van der Waals surface area (Å²) in [5, 5.41) is 13.7. The van der Waals surface area contributed by atoms with Crippen molar-refractivity contribution in [2.75, 3.05) is 0 Å². The maximum absolute atomic E-state index is 11.4. The predicted molar refractivity (Wildman–Crippen MR) is 211 cm³/mol. The van der Waals surface area contributed by atoms with E-state index in [1.165, 1.54) is 16.5 Å². The normalized spacial score (nSPS) is 11.9. The molecule has 0 saturated heterocycles. The summed E-state index contributed by atoms with van der Waals surface area (Å²) in [6.45, 7) is 0. The molecule has 1 N–H and O–H groups in total. The molecule has 9 aromatic rings. The molecule has 0 saturated carbocycles. The van der Waals surface area contributed by atoms with Crippen LogP contribution in [0.4, 0.5) is 0 Å². The second kappa shape index (κ2) is 13.5. The number of benzene rings is 7. The SMILES string of the molecule is Oc1ccccc1-c1nc2c(-c3nc4c(c5ccccc35)CCc3ccc[c-]c3-4)cccc2n1-c1c(-c2ccccc2)cccc1-c1ccccc1.[Pt]. The second-order valence-corrected chi connectivity index (χ2v) is 13.3. The fourth-order valence-electron chi connectivity index (χ4n) is 7.99. The Morgan fingerprint density at radius 3 is 1.89 bits per heavy atom. The first-order chi connectivity index (χ1) is 25.7.